The summed E-state index contributed by atoms with van der Waals surface area (Å²) in [5.74, 6) is 0. The van der Waals surface area contributed by atoms with Gasteiger partial charge in [-0.25, -0.2) is 0 Å². The first-order valence-electron chi connectivity index (χ1n) is 3.25. The summed E-state index contributed by atoms with van der Waals surface area (Å²) in [4.78, 5) is 0. The first-order chi connectivity index (χ1) is 4.70. The highest BCUT2D eigenvalue weighted by atomic mass is 16.3. The van der Waals surface area contributed by atoms with Gasteiger partial charge in [-0.15, -0.1) is 0 Å². The zero-order chi connectivity index (χ0) is 7.98. The van der Waals surface area contributed by atoms with Crippen LogP contribution in [-0.4, -0.2) is 23.4 Å². The highest BCUT2D eigenvalue weighted by Crippen LogP contribution is 2.06. The maximum absolute atomic E-state index is 8.53. The lowest BCUT2D eigenvalue weighted by molar-refractivity contribution is 0.318. The van der Waals surface area contributed by atoms with Crippen molar-refractivity contribution in [1.82, 2.24) is 0 Å². The van der Waals surface area contributed by atoms with Crippen LogP contribution >= 0.6 is 0 Å². The molecule has 0 heterocycles. The van der Waals surface area contributed by atoms with Gasteiger partial charge < -0.3 is 10.2 Å². The van der Waals surface area contributed by atoms with Gasteiger partial charge in [0.2, 0.25) is 0 Å². The Hall–Kier alpha value is -0.600. The van der Waals surface area contributed by atoms with E-state index in [1.165, 1.54) is 0 Å². The SMILES string of the molecule is C=C(CO)CCC(=C)CO. The molecule has 0 saturated heterocycles. The molecule has 58 valence electrons. The fourth-order valence-electron chi connectivity index (χ4n) is 0.512. The van der Waals surface area contributed by atoms with E-state index < -0.39 is 0 Å². The first-order valence-corrected chi connectivity index (χ1v) is 3.25. The number of hydrogen-bond donors (Lipinski definition) is 2. The Balaban J connectivity index is 3.35. The van der Waals surface area contributed by atoms with Crippen LogP contribution in [0.2, 0.25) is 0 Å². The van der Waals surface area contributed by atoms with E-state index in [0.717, 1.165) is 24.0 Å². The number of aliphatic hydroxyl groups excluding tert-OH is 2. The molecule has 0 aromatic rings. The third-order valence-electron chi connectivity index (χ3n) is 1.28. The molecule has 0 rings (SSSR count). The molecule has 0 aliphatic rings. The molecule has 0 aromatic heterocycles. The van der Waals surface area contributed by atoms with Crippen LogP contribution in [0, 0.1) is 0 Å². The Kier molecular flexibility index (Phi) is 4.89. The summed E-state index contributed by atoms with van der Waals surface area (Å²) < 4.78 is 0. The van der Waals surface area contributed by atoms with Gasteiger partial charge in [0.05, 0.1) is 13.2 Å². The van der Waals surface area contributed by atoms with Gasteiger partial charge in [-0.2, -0.15) is 0 Å². The summed E-state index contributed by atoms with van der Waals surface area (Å²) in [5, 5.41) is 17.1. The molecule has 0 aromatic carbocycles. The summed E-state index contributed by atoms with van der Waals surface area (Å²) in [6, 6.07) is 0. The minimum absolute atomic E-state index is 0.0265. The molecule has 0 spiro atoms. The Morgan fingerprint density at radius 3 is 1.40 bits per heavy atom. The maximum atomic E-state index is 8.53. The van der Waals surface area contributed by atoms with E-state index in [0.29, 0.717) is 0 Å². The van der Waals surface area contributed by atoms with E-state index >= 15 is 0 Å². The van der Waals surface area contributed by atoms with E-state index in [2.05, 4.69) is 13.2 Å². The van der Waals surface area contributed by atoms with Crippen molar-refractivity contribution >= 4 is 0 Å². The van der Waals surface area contributed by atoms with E-state index in [1.54, 1.807) is 0 Å². The summed E-state index contributed by atoms with van der Waals surface area (Å²) >= 11 is 0. The second-order valence-corrected chi connectivity index (χ2v) is 2.32. The average molecular weight is 142 g/mol. The van der Waals surface area contributed by atoms with Crippen LogP contribution in [0.5, 0.6) is 0 Å². The van der Waals surface area contributed by atoms with Crippen LogP contribution in [0.15, 0.2) is 24.3 Å². The van der Waals surface area contributed by atoms with Gasteiger partial charge in [0.15, 0.2) is 0 Å². The molecular weight excluding hydrogens is 128 g/mol. The number of aliphatic hydroxyl groups is 2. The Labute approximate surface area is 61.5 Å². The number of hydrogen-bond acceptors (Lipinski definition) is 2. The lowest BCUT2D eigenvalue weighted by Crippen LogP contribution is -1.92. The molecule has 0 fully saturated rings. The van der Waals surface area contributed by atoms with Crippen LogP contribution in [-0.2, 0) is 0 Å². The molecule has 0 atom stereocenters. The predicted octanol–water partition coefficient (Wildman–Crippen LogP) is 0.864. The molecule has 2 N–H and O–H groups in total. The second-order valence-electron chi connectivity index (χ2n) is 2.32. The van der Waals surface area contributed by atoms with Crippen molar-refractivity contribution in [2.24, 2.45) is 0 Å². The molecule has 0 radical (unpaired) electrons. The minimum Gasteiger partial charge on any atom is -0.392 e. The van der Waals surface area contributed by atoms with Crippen molar-refractivity contribution in [3.05, 3.63) is 24.3 Å². The monoisotopic (exact) mass is 142 g/mol. The molecular formula is C8H14O2. The van der Waals surface area contributed by atoms with Crippen molar-refractivity contribution in [2.45, 2.75) is 12.8 Å². The third-order valence-corrected chi connectivity index (χ3v) is 1.28. The highest BCUT2D eigenvalue weighted by Gasteiger charge is 1.94. The third kappa shape index (κ3) is 4.30. The molecule has 10 heavy (non-hydrogen) atoms. The van der Waals surface area contributed by atoms with E-state index in [9.17, 15) is 0 Å². The molecule has 0 aliphatic heterocycles. The topological polar surface area (TPSA) is 40.5 Å². The first kappa shape index (κ1) is 9.40. The summed E-state index contributed by atoms with van der Waals surface area (Å²) in [6.07, 6.45) is 1.44. The molecule has 0 unspecified atom stereocenters. The normalized spacial score (nSPS) is 9.40. The molecule has 0 saturated carbocycles. The van der Waals surface area contributed by atoms with Crippen molar-refractivity contribution in [1.29, 1.82) is 0 Å². The maximum Gasteiger partial charge on any atom is 0.0639 e. The van der Waals surface area contributed by atoms with Crippen LogP contribution in [0.3, 0.4) is 0 Å². The van der Waals surface area contributed by atoms with Gasteiger partial charge >= 0.3 is 0 Å². The van der Waals surface area contributed by atoms with E-state index in [4.69, 9.17) is 10.2 Å². The van der Waals surface area contributed by atoms with Gasteiger partial charge in [-0.1, -0.05) is 24.3 Å². The van der Waals surface area contributed by atoms with E-state index in [-0.39, 0.29) is 13.2 Å². The van der Waals surface area contributed by atoms with Crippen molar-refractivity contribution in [3.8, 4) is 0 Å². The van der Waals surface area contributed by atoms with Gasteiger partial charge in [-0.05, 0) is 12.8 Å². The largest absolute Gasteiger partial charge is 0.392 e. The Bertz CT molecular complexity index is 111. The highest BCUT2D eigenvalue weighted by molar-refractivity contribution is 5.01. The smallest absolute Gasteiger partial charge is 0.0639 e. The van der Waals surface area contributed by atoms with Crippen molar-refractivity contribution in [3.63, 3.8) is 0 Å². The quantitative estimate of drug-likeness (QED) is 0.559. The number of rotatable bonds is 5. The Morgan fingerprint density at radius 2 is 1.20 bits per heavy atom. The fourth-order valence-corrected chi connectivity index (χ4v) is 0.512. The predicted molar refractivity (Wildman–Crippen MR) is 41.7 cm³/mol. The second kappa shape index (κ2) is 5.21. The lowest BCUT2D eigenvalue weighted by atomic mass is 10.1. The molecule has 0 aliphatic carbocycles. The van der Waals surface area contributed by atoms with Crippen molar-refractivity contribution < 1.29 is 10.2 Å². The average Bonchev–Trinajstić information content (AvgIpc) is 1.99. The van der Waals surface area contributed by atoms with Crippen LogP contribution in [0.1, 0.15) is 12.8 Å². The summed E-state index contributed by atoms with van der Waals surface area (Å²) in [7, 11) is 0. The summed E-state index contributed by atoms with van der Waals surface area (Å²) in [6.45, 7) is 7.27. The molecule has 0 amide bonds. The molecule has 2 nitrogen and oxygen atoms in total. The summed E-state index contributed by atoms with van der Waals surface area (Å²) in [5.41, 5.74) is 1.57. The lowest BCUT2D eigenvalue weighted by Gasteiger charge is -2.01. The van der Waals surface area contributed by atoms with Gasteiger partial charge in [0.25, 0.3) is 0 Å². The van der Waals surface area contributed by atoms with Crippen LogP contribution in [0.25, 0.3) is 0 Å². The van der Waals surface area contributed by atoms with Gasteiger partial charge in [0, 0.05) is 0 Å². The van der Waals surface area contributed by atoms with Crippen molar-refractivity contribution in [2.75, 3.05) is 13.2 Å². The zero-order valence-corrected chi connectivity index (χ0v) is 6.14. The van der Waals surface area contributed by atoms with Gasteiger partial charge in [0.1, 0.15) is 0 Å². The minimum atomic E-state index is 0.0265. The van der Waals surface area contributed by atoms with E-state index in [1.807, 2.05) is 0 Å². The molecule has 0 bridgehead atoms. The van der Waals surface area contributed by atoms with Gasteiger partial charge in [-0.3, -0.25) is 0 Å². The standard InChI is InChI=1S/C8H14O2/c1-7(5-9)3-4-8(2)6-10/h9-10H,1-6H2. The fraction of sp³-hybridized carbons (Fsp3) is 0.500. The molecule has 2 heteroatoms. The van der Waals surface area contributed by atoms with Crippen LogP contribution < -0.4 is 0 Å². The Morgan fingerprint density at radius 1 is 0.900 bits per heavy atom. The van der Waals surface area contributed by atoms with Crippen LogP contribution in [0.4, 0.5) is 0 Å². The zero-order valence-electron chi connectivity index (χ0n) is 6.14.